The predicted octanol–water partition coefficient (Wildman–Crippen LogP) is 8.40. The Balaban J connectivity index is 0.000000472. The van der Waals surface area contributed by atoms with Crippen LogP contribution in [0.3, 0.4) is 0 Å². The smallest absolute Gasteiger partial charge is 0.0279 e. The summed E-state index contributed by atoms with van der Waals surface area (Å²) in [6.07, 6.45) is 16.7. The first-order valence-corrected chi connectivity index (χ1v) is 10.9. The lowest BCUT2D eigenvalue weighted by Gasteiger charge is -2.04. The van der Waals surface area contributed by atoms with Gasteiger partial charge in [0.2, 0.25) is 0 Å². The van der Waals surface area contributed by atoms with Crippen molar-refractivity contribution in [3.8, 4) is 0 Å². The minimum absolute atomic E-state index is 1.15. The summed E-state index contributed by atoms with van der Waals surface area (Å²) in [5, 5.41) is 0. The first-order chi connectivity index (χ1) is 12.9. The maximum absolute atomic E-state index is 2.31. The molecule has 0 radical (unpaired) electrons. The van der Waals surface area contributed by atoms with Crippen molar-refractivity contribution in [1.29, 1.82) is 0 Å². The Morgan fingerprint density at radius 3 is 1.27 bits per heavy atom. The van der Waals surface area contributed by atoms with Crippen molar-refractivity contribution in [2.45, 2.75) is 90.9 Å². The molecule has 2 aromatic carbocycles. The van der Waals surface area contributed by atoms with Gasteiger partial charge in [-0.2, -0.15) is 0 Å². The first kappa shape index (κ1) is 22.5. The number of rotatable bonds is 12. The lowest BCUT2D eigenvalue weighted by atomic mass is 10.0. The first-order valence-electron chi connectivity index (χ1n) is 10.9. The predicted molar refractivity (Wildman–Crippen MR) is 118 cm³/mol. The maximum atomic E-state index is 2.31. The van der Waals surface area contributed by atoms with Gasteiger partial charge in [0.05, 0.1) is 0 Å². The molecule has 0 saturated heterocycles. The van der Waals surface area contributed by atoms with Gasteiger partial charge in [-0.15, -0.1) is 0 Å². The van der Waals surface area contributed by atoms with Crippen LogP contribution in [0.15, 0.2) is 60.7 Å². The van der Waals surface area contributed by atoms with E-state index >= 15 is 0 Å². The van der Waals surface area contributed by atoms with Crippen LogP contribution in [0.2, 0.25) is 0 Å². The highest BCUT2D eigenvalue weighted by atomic mass is 14.0. The molecule has 0 amide bonds. The second kappa shape index (κ2) is 16.9. The lowest BCUT2D eigenvalue weighted by molar-refractivity contribution is 0.556. The van der Waals surface area contributed by atoms with Crippen LogP contribution in [0.5, 0.6) is 0 Å². The molecule has 0 heteroatoms. The summed E-state index contributed by atoms with van der Waals surface area (Å²) in [5.74, 6) is 0. The van der Waals surface area contributed by atoms with Crippen LogP contribution in [0.25, 0.3) is 0 Å². The zero-order chi connectivity index (χ0) is 18.7. The van der Waals surface area contributed by atoms with E-state index in [1.165, 1.54) is 81.8 Å². The van der Waals surface area contributed by atoms with Crippen LogP contribution in [0, 0.1) is 0 Å². The Labute approximate surface area is 163 Å². The van der Waals surface area contributed by atoms with Crippen LogP contribution in [-0.2, 0) is 12.8 Å². The van der Waals surface area contributed by atoms with E-state index in [0.29, 0.717) is 0 Å². The third-order valence-electron chi connectivity index (χ3n) is 4.92. The van der Waals surface area contributed by atoms with Gasteiger partial charge in [0.1, 0.15) is 0 Å². The summed E-state index contributed by atoms with van der Waals surface area (Å²) >= 11 is 0. The van der Waals surface area contributed by atoms with E-state index in [9.17, 15) is 0 Å². The van der Waals surface area contributed by atoms with E-state index in [0.717, 1.165) is 6.42 Å². The van der Waals surface area contributed by atoms with Gasteiger partial charge in [0, 0.05) is 0 Å². The van der Waals surface area contributed by atoms with Gasteiger partial charge in [-0.05, 0) is 30.4 Å². The molecule has 0 fully saturated rings. The summed E-state index contributed by atoms with van der Waals surface area (Å²) in [4.78, 5) is 0. The van der Waals surface area contributed by atoms with Gasteiger partial charge in [-0.25, -0.2) is 0 Å². The molecule has 0 aromatic heterocycles. The van der Waals surface area contributed by atoms with Crippen molar-refractivity contribution in [1.82, 2.24) is 0 Å². The van der Waals surface area contributed by atoms with E-state index in [1.54, 1.807) is 0 Å². The molecule has 2 rings (SSSR count). The van der Waals surface area contributed by atoms with Crippen molar-refractivity contribution >= 4 is 0 Å². The topological polar surface area (TPSA) is 0 Å². The van der Waals surface area contributed by atoms with Crippen LogP contribution in [-0.4, -0.2) is 0 Å². The van der Waals surface area contributed by atoms with E-state index in [-0.39, 0.29) is 0 Å². The Kier molecular flexibility index (Phi) is 14.6. The summed E-state index contributed by atoms with van der Waals surface area (Å²) in [7, 11) is 0. The number of benzene rings is 2. The van der Waals surface area contributed by atoms with Gasteiger partial charge >= 0.3 is 0 Å². The van der Waals surface area contributed by atoms with Gasteiger partial charge in [-0.3, -0.25) is 0 Å². The van der Waals surface area contributed by atoms with Crippen molar-refractivity contribution in [2.24, 2.45) is 0 Å². The van der Waals surface area contributed by atoms with Crippen LogP contribution < -0.4 is 0 Å². The molecule has 0 aliphatic heterocycles. The average molecular weight is 353 g/mol. The second-order valence-electron chi connectivity index (χ2n) is 7.26. The number of aryl methyl sites for hydroxylation is 2. The highest BCUT2D eigenvalue weighted by Gasteiger charge is 1.95. The monoisotopic (exact) mass is 352 g/mol. The largest absolute Gasteiger partial charge is 0.0654 e. The van der Waals surface area contributed by atoms with Crippen molar-refractivity contribution in [3.63, 3.8) is 0 Å². The Morgan fingerprint density at radius 2 is 0.846 bits per heavy atom. The molecule has 0 N–H and O–H groups in total. The van der Waals surface area contributed by atoms with Crippen molar-refractivity contribution in [3.05, 3.63) is 71.8 Å². The Hall–Kier alpha value is -1.56. The molecular weight excluding hydrogens is 312 g/mol. The van der Waals surface area contributed by atoms with E-state index in [2.05, 4.69) is 38.1 Å². The Bertz CT molecular complexity index is 471. The van der Waals surface area contributed by atoms with E-state index in [4.69, 9.17) is 0 Å². The Morgan fingerprint density at radius 1 is 0.462 bits per heavy atom. The summed E-state index contributed by atoms with van der Waals surface area (Å²) in [5.41, 5.74) is 2.97. The molecule has 2 aromatic rings. The van der Waals surface area contributed by atoms with E-state index < -0.39 is 0 Å². The quantitative estimate of drug-likeness (QED) is 0.336. The van der Waals surface area contributed by atoms with Gasteiger partial charge < -0.3 is 0 Å². The molecule has 0 spiro atoms. The van der Waals surface area contributed by atoms with Crippen LogP contribution in [0.1, 0.15) is 89.2 Å². The van der Waals surface area contributed by atoms with Gasteiger partial charge in [0.15, 0.2) is 0 Å². The molecular formula is C26H40. The molecule has 0 saturated carbocycles. The number of hydrogen-bond acceptors (Lipinski definition) is 0. The normalized spacial score (nSPS) is 10.2. The van der Waals surface area contributed by atoms with Gasteiger partial charge in [0.25, 0.3) is 0 Å². The second-order valence-corrected chi connectivity index (χ2v) is 7.26. The van der Waals surface area contributed by atoms with E-state index in [1.807, 2.05) is 36.4 Å². The summed E-state index contributed by atoms with van der Waals surface area (Å²) in [6.45, 7) is 4.51. The molecule has 0 unspecified atom stereocenters. The highest BCUT2D eigenvalue weighted by Crippen LogP contribution is 2.13. The molecule has 0 aliphatic rings. The summed E-state index contributed by atoms with van der Waals surface area (Å²) in [6, 6.07) is 21.2. The summed E-state index contributed by atoms with van der Waals surface area (Å²) < 4.78 is 0. The third kappa shape index (κ3) is 12.8. The number of unbranched alkanes of at least 4 members (excludes halogenated alkanes) is 9. The fourth-order valence-electron chi connectivity index (χ4n) is 3.14. The molecule has 0 heterocycles. The SMILES string of the molecule is CCCCCCCCCCCCc1ccc(CC)cc1.c1ccccc1. The number of hydrogen-bond donors (Lipinski definition) is 0. The minimum Gasteiger partial charge on any atom is -0.0654 e. The standard InChI is InChI=1S/C20H34.C6H6/c1-3-5-6-7-8-9-10-11-12-13-14-20-17-15-19(4-2)16-18-20;1-2-4-6-5-3-1/h15-18H,3-14H2,1-2H3;1-6H. The van der Waals surface area contributed by atoms with Crippen LogP contribution in [0.4, 0.5) is 0 Å². The highest BCUT2D eigenvalue weighted by molar-refractivity contribution is 5.22. The average Bonchev–Trinajstić information content (AvgIpc) is 2.71. The molecule has 144 valence electrons. The molecule has 0 atom stereocenters. The fraction of sp³-hybridized carbons (Fsp3) is 0.538. The third-order valence-corrected chi connectivity index (χ3v) is 4.92. The molecule has 0 nitrogen and oxygen atoms in total. The molecule has 26 heavy (non-hydrogen) atoms. The fourth-order valence-corrected chi connectivity index (χ4v) is 3.14. The van der Waals surface area contributed by atoms with Crippen molar-refractivity contribution < 1.29 is 0 Å². The van der Waals surface area contributed by atoms with Crippen LogP contribution >= 0.6 is 0 Å². The zero-order valence-corrected chi connectivity index (χ0v) is 17.3. The van der Waals surface area contributed by atoms with Gasteiger partial charge in [-0.1, -0.05) is 132 Å². The zero-order valence-electron chi connectivity index (χ0n) is 17.3. The maximum Gasteiger partial charge on any atom is -0.0279 e. The molecule has 0 aliphatic carbocycles. The lowest BCUT2D eigenvalue weighted by Crippen LogP contribution is -1.88. The minimum atomic E-state index is 1.15. The molecule has 0 bridgehead atoms. The van der Waals surface area contributed by atoms with Crippen molar-refractivity contribution in [2.75, 3.05) is 0 Å².